The van der Waals surface area contributed by atoms with Crippen LogP contribution in [0.2, 0.25) is 5.02 Å². The maximum absolute atomic E-state index is 13.0. The third kappa shape index (κ3) is 4.62. The van der Waals surface area contributed by atoms with Gasteiger partial charge in [-0.15, -0.1) is 0 Å². The van der Waals surface area contributed by atoms with Crippen LogP contribution in [0.4, 0.5) is 5.69 Å². The highest BCUT2D eigenvalue weighted by Gasteiger charge is 2.16. The zero-order valence-corrected chi connectivity index (χ0v) is 18.3. The van der Waals surface area contributed by atoms with Gasteiger partial charge in [-0.3, -0.25) is 14.2 Å². The summed E-state index contributed by atoms with van der Waals surface area (Å²) < 4.78 is 12.0. The van der Waals surface area contributed by atoms with E-state index >= 15 is 0 Å². The highest BCUT2D eigenvalue weighted by Crippen LogP contribution is 2.27. The van der Waals surface area contributed by atoms with Crippen LogP contribution in [0.25, 0.3) is 11.0 Å². The van der Waals surface area contributed by atoms with Crippen molar-refractivity contribution in [3.05, 3.63) is 69.5 Å². The van der Waals surface area contributed by atoms with E-state index in [1.54, 1.807) is 42.7 Å². The minimum Gasteiger partial charge on any atom is -0.495 e. The van der Waals surface area contributed by atoms with E-state index in [2.05, 4.69) is 15.3 Å². The molecule has 0 fully saturated rings. The highest BCUT2D eigenvalue weighted by atomic mass is 35.5. The van der Waals surface area contributed by atoms with E-state index < -0.39 is 0 Å². The molecule has 0 spiro atoms. The van der Waals surface area contributed by atoms with Gasteiger partial charge in [0, 0.05) is 11.4 Å². The number of nitrogens with zero attached hydrogens (tertiary/aromatic N) is 2. The smallest absolute Gasteiger partial charge is 0.278 e. The highest BCUT2D eigenvalue weighted by molar-refractivity contribution is 7.99. The van der Waals surface area contributed by atoms with Crippen molar-refractivity contribution in [2.24, 2.45) is 0 Å². The Morgan fingerprint density at radius 1 is 1.35 bits per heavy atom. The van der Waals surface area contributed by atoms with Crippen molar-refractivity contribution in [3.8, 4) is 5.75 Å². The molecule has 0 aliphatic heterocycles. The van der Waals surface area contributed by atoms with E-state index in [0.717, 1.165) is 5.69 Å². The third-order valence-corrected chi connectivity index (χ3v) is 5.77. The van der Waals surface area contributed by atoms with Crippen molar-refractivity contribution < 1.29 is 13.9 Å². The summed E-state index contributed by atoms with van der Waals surface area (Å²) in [5.41, 5.74) is 2.14. The summed E-state index contributed by atoms with van der Waals surface area (Å²) in [4.78, 5) is 33.2. The lowest BCUT2D eigenvalue weighted by Crippen LogP contribution is -2.24. The molecule has 1 aromatic carbocycles. The number of anilines is 1. The molecule has 3 heterocycles. The fourth-order valence-electron chi connectivity index (χ4n) is 3.09. The first-order chi connectivity index (χ1) is 14.9. The van der Waals surface area contributed by atoms with E-state index in [-0.39, 0.29) is 23.8 Å². The van der Waals surface area contributed by atoms with Crippen molar-refractivity contribution in [2.45, 2.75) is 18.6 Å². The molecule has 0 aliphatic carbocycles. The number of nitrogens with one attached hydrogen (secondary N) is 2. The number of aryl methyl sites for hydroxylation is 1. The van der Waals surface area contributed by atoms with Gasteiger partial charge in [-0.1, -0.05) is 23.4 Å². The van der Waals surface area contributed by atoms with E-state index in [0.29, 0.717) is 38.4 Å². The lowest BCUT2D eigenvalue weighted by Gasteiger charge is -2.11. The van der Waals surface area contributed by atoms with Gasteiger partial charge in [0.15, 0.2) is 5.16 Å². The van der Waals surface area contributed by atoms with Crippen LogP contribution in [0.5, 0.6) is 5.75 Å². The molecule has 0 aliphatic rings. The summed E-state index contributed by atoms with van der Waals surface area (Å²) in [6.07, 6.45) is 1.55. The summed E-state index contributed by atoms with van der Waals surface area (Å²) in [5, 5.41) is 3.61. The fourth-order valence-corrected chi connectivity index (χ4v) is 4.15. The molecule has 0 saturated heterocycles. The zero-order chi connectivity index (χ0) is 22.0. The summed E-state index contributed by atoms with van der Waals surface area (Å²) in [7, 11) is 1.52. The summed E-state index contributed by atoms with van der Waals surface area (Å²) in [5.74, 6) is 0.944. The number of aromatic amines is 1. The van der Waals surface area contributed by atoms with Gasteiger partial charge in [-0.05, 0) is 43.3 Å². The van der Waals surface area contributed by atoms with Crippen molar-refractivity contribution in [1.82, 2.24) is 14.5 Å². The Hall–Kier alpha value is -3.17. The van der Waals surface area contributed by atoms with Gasteiger partial charge in [0.1, 0.15) is 17.0 Å². The molecule has 0 atom stereocenters. The largest absolute Gasteiger partial charge is 0.495 e. The number of furan rings is 1. The molecule has 8 nitrogen and oxygen atoms in total. The Morgan fingerprint density at radius 2 is 2.19 bits per heavy atom. The average Bonchev–Trinajstić information content (AvgIpc) is 3.38. The van der Waals surface area contributed by atoms with Gasteiger partial charge in [0.2, 0.25) is 5.91 Å². The molecule has 10 heteroatoms. The lowest BCUT2D eigenvalue weighted by atomic mass is 10.3. The van der Waals surface area contributed by atoms with Gasteiger partial charge < -0.3 is 19.5 Å². The summed E-state index contributed by atoms with van der Waals surface area (Å²) in [6.45, 7) is 2.07. The van der Waals surface area contributed by atoms with E-state index in [9.17, 15) is 9.59 Å². The minimum absolute atomic E-state index is 0.0587. The Balaban J connectivity index is 1.56. The predicted octanol–water partition coefficient (Wildman–Crippen LogP) is 4.07. The summed E-state index contributed by atoms with van der Waals surface area (Å²) in [6, 6.07) is 10.3. The van der Waals surface area contributed by atoms with Crippen LogP contribution >= 0.6 is 23.4 Å². The van der Waals surface area contributed by atoms with Crippen LogP contribution in [0, 0.1) is 6.92 Å². The Morgan fingerprint density at radius 3 is 2.90 bits per heavy atom. The van der Waals surface area contributed by atoms with Gasteiger partial charge in [-0.25, -0.2) is 4.98 Å². The lowest BCUT2D eigenvalue weighted by molar-refractivity contribution is -0.113. The molecule has 160 valence electrons. The van der Waals surface area contributed by atoms with E-state index in [1.807, 2.05) is 6.92 Å². The molecule has 4 rings (SSSR count). The molecular weight excluding hydrogens is 440 g/mol. The van der Waals surface area contributed by atoms with Crippen LogP contribution in [-0.4, -0.2) is 33.3 Å². The first-order valence-electron chi connectivity index (χ1n) is 9.33. The molecule has 2 N–H and O–H groups in total. The molecule has 1 amide bonds. The SMILES string of the molecule is COc1ccc(NC(=O)CSc2nc3cc(C)[nH]c3c(=O)n2Cc2ccco2)cc1Cl. The number of H-pyrrole nitrogens is 1. The maximum Gasteiger partial charge on any atom is 0.278 e. The number of amides is 1. The average molecular weight is 459 g/mol. The third-order valence-electron chi connectivity index (χ3n) is 4.50. The number of rotatable bonds is 7. The number of hydrogen-bond donors (Lipinski definition) is 2. The van der Waals surface area contributed by atoms with E-state index in [4.69, 9.17) is 20.8 Å². The normalized spacial score (nSPS) is 11.1. The van der Waals surface area contributed by atoms with Crippen LogP contribution in [0.15, 0.2) is 57.0 Å². The molecule has 0 unspecified atom stereocenters. The number of aromatic nitrogens is 3. The molecule has 3 aromatic heterocycles. The number of methoxy groups -OCH3 is 1. The molecule has 4 aromatic rings. The number of carbonyl (C=O) groups excluding carboxylic acids is 1. The first-order valence-corrected chi connectivity index (χ1v) is 10.7. The number of hydrogen-bond acceptors (Lipinski definition) is 6. The van der Waals surface area contributed by atoms with Crippen LogP contribution in [-0.2, 0) is 11.3 Å². The number of carbonyl (C=O) groups is 1. The van der Waals surface area contributed by atoms with Gasteiger partial charge in [0.25, 0.3) is 5.56 Å². The maximum atomic E-state index is 13.0. The molecular formula is C21H19ClN4O4S. The number of thioether (sulfide) groups is 1. The summed E-state index contributed by atoms with van der Waals surface area (Å²) >= 11 is 7.28. The molecule has 0 saturated carbocycles. The minimum atomic E-state index is -0.254. The Kier molecular flexibility index (Phi) is 6.06. The number of fused-ring (bicyclic) bond motifs is 1. The number of ether oxygens (including phenoxy) is 1. The Bertz CT molecular complexity index is 1300. The van der Waals surface area contributed by atoms with Crippen LogP contribution in [0.3, 0.4) is 0 Å². The molecule has 31 heavy (non-hydrogen) atoms. The second kappa shape index (κ2) is 8.91. The van der Waals surface area contributed by atoms with Crippen molar-refractivity contribution >= 4 is 46.0 Å². The second-order valence-electron chi connectivity index (χ2n) is 6.76. The van der Waals surface area contributed by atoms with Gasteiger partial charge in [-0.2, -0.15) is 0 Å². The van der Waals surface area contributed by atoms with Crippen LogP contribution < -0.4 is 15.6 Å². The van der Waals surface area contributed by atoms with Crippen molar-refractivity contribution in [2.75, 3.05) is 18.2 Å². The monoisotopic (exact) mass is 458 g/mol. The van der Waals surface area contributed by atoms with Crippen LogP contribution in [0.1, 0.15) is 11.5 Å². The number of halogens is 1. The fraction of sp³-hybridized carbons (Fsp3) is 0.190. The molecule has 0 radical (unpaired) electrons. The predicted molar refractivity (Wildman–Crippen MR) is 120 cm³/mol. The molecule has 0 bridgehead atoms. The van der Waals surface area contributed by atoms with Gasteiger partial charge >= 0.3 is 0 Å². The number of benzene rings is 1. The van der Waals surface area contributed by atoms with E-state index in [1.165, 1.54) is 23.4 Å². The second-order valence-corrected chi connectivity index (χ2v) is 8.11. The quantitative estimate of drug-likeness (QED) is 0.320. The topological polar surface area (TPSA) is 102 Å². The first kappa shape index (κ1) is 21.1. The zero-order valence-electron chi connectivity index (χ0n) is 16.8. The van der Waals surface area contributed by atoms with Crippen molar-refractivity contribution in [3.63, 3.8) is 0 Å². The van der Waals surface area contributed by atoms with Crippen molar-refractivity contribution in [1.29, 1.82) is 0 Å². The standard InChI is InChI=1S/C21H19ClN4O4S/c1-12-8-16-19(23-12)20(28)26(10-14-4-3-7-30-14)21(25-16)31-11-18(27)24-13-5-6-17(29-2)15(22)9-13/h3-9,23H,10-11H2,1-2H3,(H,24,27). The Labute approximate surface area is 186 Å². The van der Waals surface area contributed by atoms with Gasteiger partial charge in [0.05, 0.1) is 36.2 Å².